The van der Waals surface area contributed by atoms with Crippen molar-refractivity contribution in [1.82, 2.24) is 4.57 Å². The van der Waals surface area contributed by atoms with Crippen LogP contribution in [0.15, 0.2) is 194 Å². The van der Waals surface area contributed by atoms with Crippen molar-refractivity contribution in [3.05, 3.63) is 194 Å². The Morgan fingerprint density at radius 2 is 0.843 bits per heavy atom. The molecule has 51 heavy (non-hydrogen) atoms. The van der Waals surface area contributed by atoms with Crippen LogP contribution in [0, 0.1) is 0 Å². The molecule has 0 aliphatic heterocycles. The molecule has 0 unspecified atom stereocenters. The number of para-hydroxylation sites is 3. The van der Waals surface area contributed by atoms with Gasteiger partial charge in [-0.1, -0.05) is 42.5 Å². The van der Waals surface area contributed by atoms with Crippen LogP contribution in [0.4, 0.5) is 17.1 Å². The molecule has 0 radical (unpaired) electrons. The Hall–Kier alpha value is -6.12. The number of hydrogen-bond acceptors (Lipinski definition) is 1. The monoisotopic (exact) mass is 716 g/mol. The molecule has 3 heteroatoms. The van der Waals surface area contributed by atoms with Gasteiger partial charge in [0.1, 0.15) is 0 Å². The van der Waals surface area contributed by atoms with Crippen LogP contribution in [0.3, 0.4) is 0 Å². The molecule has 0 aliphatic rings. The molecular weight excluding hydrogens is 684 g/mol. The maximum atomic E-state index is 2.40. The fourth-order valence-corrected chi connectivity index (χ4v) is 9.95. The van der Waals surface area contributed by atoms with Crippen LogP contribution >= 0.6 is 0 Å². The third-order valence-electron chi connectivity index (χ3n) is 10.00. The molecule has 2 aromatic heterocycles. The van der Waals surface area contributed by atoms with Gasteiger partial charge in [-0.15, -0.1) is 0 Å². The van der Waals surface area contributed by atoms with E-state index in [-0.39, 0.29) is 0 Å². The molecule has 0 saturated heterocycles. The number of hydrogen-bond donors (Lipinski definition) is 0. The van der Waals surface area contributed by atoms with Gasteiger partial charge >= 0.3 is 194 Å². The number of benzene rings is 8. The summed E-state index contributed by atoms with van der Waals surface area (Å²) >= 11 is 0.352. The van der Waals surface area contributed by atoms with Crippen molar-refractivity contribution in [2.45, 2.75) is 0 Å². The molecule has 0 fully saturated rings. The van der Waals surface area contributed by atoms with Gasteiger partial charge in [-0.25, -0.2) is 0 Å². The van der Waals surface area contributed by atoms with Gasteiger partial charge in [0.15, 0.2) is 0 Å². The summed E-state index contributed by atoms with van der Waals surface area (Å²) in [7, 11) is 0. The Labute approximate surface area is 302 Å². The van der Waals surface area contributed by atoms with Gasteiger partial charge in [-0.3, -0.25) is 0 Å². The first-order valence-corrected chi connectivity index (χ1v) is 19.1. The summed E-state index contributed by atoms with van der Waals surface area (Å²) in [6.07, 6.45) is 0. The van der Waals surface area contributed by atoms with Gasteiger partial charge in [-0.2, -0.15) is 0 Å². The van der Waals surface area contributed by atoms with Crippen LogP contribution in [0.1, 0.15) is 0 Å². The molecule has 0 spiro atoms. The topological polar surface area (TPSA) is 8.17 Å². The summed E-state index contributed by atoms with van der Waals surface area (Å²) in [6.45, 7) is 0. The predicted molar refractivity (Wildman–Crippen MR) is 218 cm³/mol. The molecule has 0 N–H and O–H groups in total. The van der Waals surface area contributed by atoms with Crippen LogP contribution in [0.25, 0.3) is 69.0 Å². The molecule has 10 rings (SSSR count). The number of aromatic nitrogens is 1. The molecular formula is C48H32N2Se. The Bertz CT molecular complexity index is 2830. The van der Waals surface area contributed by atoms with E-state index < -0.39 is 0 Å². The molecule has 0 saturated carbocycles. The first-order chi connectivity index (χ1) is 25.3. The summed E-state index contributed by atoms with van der Waals surface area (Å²) < 4.78 is 5.32. The zero-order valence-electron chi connectivity index (χ0n) is 27.8. The van der Waals surface area contributed by atoms with Gasteiger partial charge in [0.2, 0.25) is 0 Å². The summed E-state index contributed by atoms with van der Waals surface area (Å²) in [5.41, 5.74) is 11.9. The first kappa shape index (κ1) is 29.8. The van der Waals surface area contributed by atoms with Crippen LogP contribution in [-0.2, 0) is 0 Å². The normalized spacial score (nSPS) is 11.5. The number of nitrogens with zero attached hydrogens (tertiary/aromatic N) is 2. The molecule has 2 heterocycles. The van der Waals surface area contributed by atoms with Gasteiger partial charge in [-0.05, 0) is 35.9 Å². The summed E-state index contributed by atoms with van der Waals surface area (Å²) in [6, 6.07) is 70.7. The second-order valence-corrected chi connectivity index (χ2v) is 15.3. The molecule has 0 bridgehead atoms. The van der Waals surface area contributed by atoms with E-state index in [9.17, 15) is 0 Å². The van der Waals surface area contributed by atoms with Crippen molar-refractivity contribution in [1.29, 1.82) is 0 Å². The van der Waals surface area contributed by atoms with Crippen molar-refractivity contribution in [3.63, 3.8) is 0 Å². The zero-order chi connectivity index (χ0) is 33.7. The van der Waals surface area contributed by atoms with E-state index >= 15 is 0 Å². The van der Waals surface area contributed by atoms with Crippen molar-refractivity contribution < 1.29 is 0 Å². The van der Waals surface area contributed by atoms with Crippen molar-refractivity contribution in [2.24, 2.45) is 0 Å². The number of anilines is 3. The van der Waals surface area contributed by atoms with Gasteiger partial charge in [0, 0.05) is 16.5 Å². The SMILES string of the molecule is c1ccc(N(c2ccc(-c3ccc4c(c3)[se]c3ccccc34)cc2)c2ccc(-c3ccc4c(c3)c3ccccc3n4-c3ccccc3)cc2)cc1. The average molecular weight is 716 g/mol. The molecule has 0 aliphatic carbocycles. The van der Waals surface area contributed by atoms with Crippen LogP contribution in [0.2, 0.25) is 0 Å². The molecule has 240 valence electrons. The van der Waals surface area contributed by atoms with Crippen LogP contribution < -0.4 is 4.90 Å². The standard InChI is InChI=1S/C48H32N2Se/c1-3-11-37(12-4-1)49(40-27-21-34(22-28-40)36-23-29-43-42-16-8-10-18-47(42)51-48(43)32-36)39-25-19-33(20-26-39)35-24-30-46-44(31-35)41-15-7-9-17-45(41)50(46)38-13-5-2-6-14-38/h1-32H. The minimum absolute atomic E-state index is 0.352. The Morgan fingerprint density at radius 1 is 0.333 bits per heavy atom. The number of fused-ring (bicyclic) bond motifs is 6. The van der Waals surface area contributed by atoms with E-state index in [4.69, 9.17) is 0 Å². The maximum absolute atomic E-state index is 2.40. The Kier molecular flexibility index (Phi) is 7.20. The van der Waals surface area contributed by atoms with Crippen molar-refractivity contribution >= 4 is 72.7 Å². The second-order valence-electron chi connectivity index (χ2n) is 13.0. The molecule has 8 aromatic carbocycles. The van der Waals surface area contributed by atoms with Gasteiger partial charge in [0.25, 0.3) is 0 Å². The van der Waals surface area contributed by atoms with Crippen LogP contribution in [-0.4, -0.2) is 19.1 Å². The summed E-state index contributed by atoms with van der Waals surface area (Å²) in [5, 5.41) is 5.31. The molecule has 0 atom stereocenters. The zero-order valence-corrected chi connectivity index (χ0v) is 29.5. The molecule has 0 amide bonds. The van der Waals surface area contributed by atoms with Crippen LogP contribution in [0.5, 0.6) is 0 Å². The van der Waals surface area contributed by atoms with Crippen molar-refractivity contribution in [2.75, 3.05) is 4.90 Å². The van der Waals surface area contributed by atoms with E-state index in [1.165, 1.54) is 69.0 Å². The number of rotatable bonds is 6. The van der Waals surface area contributed by atoms with E-state index in [0.29, 0.717) is 14.5 Å². The fourth-order valence-electron chi connectivity index (χ4n) is 7.54. The summed E-state index contributed by atoms with van der Waals surface area (Å²) in [4.78, 5) is 2.34. The quantitative estimate of drug-likeness (QED) is 0.156. The Balaban J connectivity index is 1.00. The first-order valence-electron chi connectivity index (χ1n) is 17.3. The average Bonchev–Trinajstić information content (AvgIpc) is 3.74. The van der Waals surface area contributed by atoms with E-state index in [2.05, 4.69) is 204 Å². The predicted octanol–water partition coefficient (Wildman–Crippen LogP) is 13.0. The summed E-state index contributed by atoms with van der Waals surface area (Å²) in [5.74, 6) is 0. The van der Waals surface area contributed by atoms with E-state index in [1.807, 2.05) is 0 Å². The third-order valence-corrected chi connectivity index (χ3v) is 12.4. The van der Waals surface area contributed by atoms with Gasteiger partial charge in [0.05, 0.1) is 11.0 Å². The van der Waals surface area contributed by atoms with E-state index in [1.54, 1.807) is 0 Å². The minimum atomic E-state index is 0.352. The second kappa shape index (κ2) is 12.3. The fraction of sp³-hybridized carbons (Fsp3) is 0. The van der Waals surface area contributed by atoms with E-state index in [0.717, 1.165) is 17.1 Å². The van der Waals surface area contributed by atoms with Gasteiger partial charge < -0.3 is 4.57 Å². The molecule has 10 aromatic rings. The van der Waals surface area contributed by atoms with Crippen molar-refractivity contribution in [3.8, 4) is 27.9 Å². The Morgan fingerprint density at radius 3 is 1.57 bits per heavy atom. The third kappa shape index (κ3) is 5.18. The molecule has 2 nitrogen and oxygen atoms in total.